The van der Waals surface area contributed by atoms with E-state index in [-0.39, 0.29) is 0 Å². The van der Waals surface area contributed by atoms with Gasteiger partial charge in [0.15, 0.2) is 0 Å². The fraction of sp³-hybridized carbons (Fsp3) is 0.250. The van der Waals surface area contributed by atoms with Crippen LogP contribution in [0.15, 0.2) is 28.7 Å². The number of halogens is 2. The molecule has 1 aromatic carbocycles. The second kappa shape index (κ2) is 5.10. The number of aryl methyl sites for hydroxylation is 2. The lowest BCUT2D eigenvalue weighted by Gasteiger charge is -2.07. The molecule has 2 aromatic rings. The predicted molar refractivity (Wildman–Crippen MR) is 71.4 cm³/mol. The van der Waals surface area contributed by atoms with Crippen LogP contribution in [0, 0.1) is 6.92 Å². The minimum atomic E-state index is 0.472. The summed E-state index contributed by atoms with van der Waals surface area (Å²) >= 11 is 9.31. The summed E-state index contributed by atoms with van der Waals surface area (Å²) in [5.74, 6) is 0.792. The highest BCUT2D eigenvalue weighted by molar-refractivity contribution is 9.10. The molecule has 17 heavy (non-hydrogen) atoms. The number of hydrogen-bond acceptors (Lipinski definition) is 2. The van der Waals surface area contributed by atoms with Crippen LogP contribution >= 0.6 is 27.5 Å². The van der Waals surface area contributed by atoms with Crippen molar-refractivity contribution in [1.82, 2.24) is 9.78 Å². The van der Waals surface area contributed by atoms with Gasteiger partial charge in [-0.1, -0.05) is 11.6 Å². The van der Waals surface area contributed by atoms with E-state index < -0.39 is 0 Å². The number of benzene rings is 1. The molecule has 0 N–H and O–H groups in total. The van der Waals surface area contributed by atoms with E-state index in [2.05, 4.69) is 21.0 Å². The smallest absolute Gasteiger partial charge is 0.131 e. The molecule has 0 atom stereocenters. The lowest BCUT2D eigenvalue weighted by Crippen LogP contribution is -2.03. The van der Waals surface area contributed by atoms with Crippen molar-refractivity contribution in [3.63, 3.8) is 0 Å². The molecule has 3 nitrogen and oxygen atoms in total. The van der Waals surface area contributed by atoms with Crippen LogP contribution in [-0.2, 0) is 13.7 Å². The molecule has 0 radical (unpaired) electrons. The van der Waals surface area contributed by atoms with E-state index in [0.717, 1.165) is 21.6 Å². The summed E-state index contributed by atoms with van der Waals surface area (Å²) in [6, 6.07) is 7.31. The maximum Gasteiger partial charge on any atom is 0.131 e. The molecule has 1 aromatic heterocycles. The summed E-state index contributed by atoms with van der Waals surface area (Å²) in [6.07, 6.45) is 0. The standard InChI is InChI=1S/C12H12BrClN2O/c1-8-12(13)11(16(2)15-8)7-17-10-5-3-9(14)4-6-10/h3-6H,7H2,1-2H3. The molecule has 0 aliphatic heterocycles. The first-order valence-corrected chi connectivity index (χ1v) is 6.31. The SMILES string of the molecule is Cc1nn(C)c(COc2ccc(Cl)cc2)c1Br. The Bertz CT molecular complexity index is 522. The lowest BCUT2D eigenvalue weighted by molar-refractivity contribution is 0.294. The van der Waals surface area contributed by atoms with E-state index in [4.69, 9.17) is 16.3 Å². The first-order valence-electron chi connectivity index (χ1n) is 5.14. The summed E-state index contributed by atoms with van der Waals surface area (Å²) in [5.41, 5.74) is 1.97. The molecule has 0 unspecified atom stereocenters. The van der Waals surface area contributed by atoms with Gasteiger partial charge in [-0.25, -0.2) is 0 Å². The van der Waals surface area contributed by atoms with Gasteiger partial charge in [0.25, 0.3) is 0 Å². The molecule has 0 aliphatic carbocycles. The minimum absolute atomic E-state index is 0.472. The van der Waals surface area contributed by atoms with Gasteiger partial charge in [-0.15, -0.1) is 0 Å². The van der Waals surface area contributed by atoms with E-state index in [0.29, 0.717) is 11.6 Å². The molecule has 5 heteroatoms. The fourth-order valence-electron chi connectivity index (χ4n) is 1.52. The van der Waals surface area contributed by atoms with Crippen molar-refractivity contribution in [1.29, 1.82) is 0 Å². The first-order chi connectivity index (χ1) is 8.08. The Morgan fingerprint density at radius 2 is 2.00 bits per heavy atom. The molecule has 0 aliphatic rings. The van der Waals surface area contributed by atoms with Crippen LogP contribution in [0.5, 0.6) is 5.75 Å². The number of aromatic nitrogens is 2. The summed E-state index contributed by atoms with van der Waals surface area (Å²) in [5, 5.41) is 5.01. The lowest BCUT2D eigenvalue weighted by atomic mass is 10.3. The normalized spacial score (nSPS) is 10.6. The molecule has 90 valence electrons. The van der Waals surface area contributed by atoms with Crippen LogP contribution in [0.3, 0.4) is 0 Å². The zero-order valence-electron chi connectivity index (χ0n) is 9.58. The number of ether oxygens (including phenoxy) is 1. The molecular formula is C12H12BrClN2O. The number of nitrogens with zero attached hydrogens (tertiary/aromatic N) is 2. The highest BCUT2D eigenvalue weighted by Gasteiger charge is 2.10. The largest absolute Gasteiger partial charge is 0.487 e. The van der Waals surface area contributed by atoms with Crippen LogP contribution in [0.2, 0.25) is 5.02 Å². The van der Waals surface area contributed by atoms with Crippen molar-refractivity contribution in [2.75, 3.05) is 0 Å². The Labute approximate surface area is 113 Å². The van der Waals surface area contributed by atoms with Gasteiger partial charge in [-0.3, -0.25) is 4.68 Å². The molecule has 0 amide bonds. The zero-order valence-corrected chi connectivity index (χ0v) is 11.9. The Balaban J connectivity index is 2.09. The fourth-order valence-corrected chi connectivity index (χ4v) is 2.10. The van der Waals surface area contributed by atoms with Crippen molar-refractivity contribution >= 4 is 27.5 Å². The summed E-state index contributed by atoms with van der Waals surface area (Å²) in [4.78, 5) is 0. The predicted octanol–water partition coefficient (Wildman–Crippen LogP) is 3.72. The second-order valence-electron chi connectivity index (χ2n) is 3.71. The van der Waals surface area contributed by atoms with E-state index in [1.54, 1.807) is 12.1 Å². The van der Waals surface area contributed by atoms with Crippen LogP contribution in [-0.4, -0.2) is 9.78 Å². The Kier molecular flexibility index (Phi) is 3.74. The molecule has 0 bridgehead atoms. The van der Waals surface area contributed by atoms with Gasteiger partial charge in [0.05, 0.1) is 15.9 Å². The highest BCUT2D eigenvalue weighted by atomic mass is 79.9. The summed E-state index contributed by atoms with van der Waals surface area (Å²) < 4.78 is 8.48. The van der Waals surface area contributed by atoms with Gasteiger partial charge in [-0.05, 0) is 47.1 Å². The van der Waals surface area contributed by atoms with Gasteiger partial charge >= 0.3 is 0 Å². The molecule has 1 heterocycles. The van der Waals surface area contributed by atoms with Crippen molar-refractivity contribution < 1.29 is 4.74 Å². The third kappa shape index (κ3) is 2.82. The monoisotopic (exact) mass is 314 g/mol. The zero-order chi connectivity index (χ0) is 12.4. The van der Waals surface area contributed by atoms with E-state index >= 15 is 0 Å². The van der Waals surface area contributed by atoms with Gasteiger partial charge in [0.1, 0.15) is 12.4 Å². The van der Waals surface area contributed by atoms with Crippen molar-refractivity contribution in [2.45, 2.75) is 13.5 Å². The van der Waals surface area contributed by atoms with E-state index in [9.17, 15) is 0 Å². The molecule has 2 rings (SSSR count). The third-order valence-corrected chi connectivity index (χ3v) is 3.73. The van der Waals surface area contributed by atoms with Crippen molar-refractivity contribution in [3.05, 3.63) is 45.1 Å². The van der Waals surface area contributed by atoms with Gasteiger partial charge in [0, 0.05) is 12.1 Å². The number of rotatable bonds is 3. The van der Waals surface area contributed by atoms with E-state index in [1.807, 2.05) is 30.8 Å². The average molecular weight is 316 g/mol. The molecule has 0 spiro atoms. The number of hydrogen-bond donors (Lipinski definition) is 0. The van der Waals surface area contributed by atoms with Crippen LogP contribution in [0.4, 0.5) is 0 Å². The van der Waals surface area contributed by atoms with Crippen molar-refractivity contribution in [3.8, 4) is 5.75 Å². The van der Waals surface area contributed by atoms with Crippen LogP contribution in [0.25, 0.3) is 0 Å². The third-order valence-electron chi connectivity index (χ3n) is 2.45. The minimum Gasteiger partial charge on any atom is -0.487 e. The molecule has 0 fully saturated rings. The molecular weight excluding hydrogens is 304 g/mol. The molecule has 0 saturated carbocycles. The first kappa shape index (κ1) is 12.5. The maximum absolute atomic E-state index is 5.81. The van der Waals surface area contributed by atoms with Gasteiger partial charge < -0.3 is 4.74 Å². The van der Waals surface area contributed by atoms with Crippen LogP contribution in [0.1, 0.15) is 11.4 Å². The Morgan fingerprint density at radius 1 is 1.35 bits per heavy atom. The van der Waals surface area contributed by atoms with Gasteiger partial charge in [-0.2, -0.15) is 5.10 Å². The Hall–Kier alpha value is -1.000. The topological polar surface area (TPSA) is 27.1 Å². The Morgan fingerprint density at radius 3 is 2.53 bits per heavy atom. The average Bonchev–Trinajstić information content (AvgIpc) is 2.54. The van der Waals surface area contributed by atoms with Gasteiger partial charge in [0.2, 0.25) is 0 Å². The second-order valence-corrected chi connectivity index (χ2v) is 4.94. The van der Waals surface area contributed by atoms with Crippen molar-refractivity contribution in [2.24, 2.45) is 7.05 Å². The highest BCUT2D eigenvalue weighted by Crippen LogP contribution is 2.22. The van der Waals surface area contributed by atoms with E-state index in [1.165, 1.54) is 0 Å². The quantitative estimate of drug-likeness (QED) is 0.863. The summed E-state index contributed by atoms with van der Waals surface area (Å²) in [6.45, 7) is 2.43. The van der Waals surface area contributed by atoms with Crippen LogP contribution < -0.4 is 4.74 Å². The molecule has 0 saturated heterocycles. The maximum atomic E-state index is 5.81. The summed E-state index contributed by atoms with van der Waals surface area (Å²) in [7, 11) is 1.90.